The van der Waals surface area contributed by atoms with Crippen molar-refractivity contribution >= 4 is 5.96 Å². The number of ether oxygens (including phenoxy) is 2. The van der Waals surface area contributed by atoms with E-state index in [1.54, 1.807) is 39.5 Å². The lowest BCUT2D eigenvalue weighted by molar-refractivity contribution is 0.409. The van der Waals surface area contributed by atoms with E-state index in [4.69, 9.17) is 9.47 Å². The summed E-state index contributed by atoms with van der Waals surface area (Å²) in [4.78, 5) is 4.19. The fourth-order valence-electron chi connectivity index (χ4n) is 2.26. The normalized spacial score (nSPS) is 11.0. The molecular formula is C18H23N3O3. The van der Waals surface area contributed by atoms with Crippen LogP contribution in [0.15, 0.2) is 47.5 Å². The van der Waals surface area contributed by atoms with E-state index >= 15 is 0 Å². The molecule has 0 fully saturated rings. The molecule has 2 aromatic rings. The molecule has 0 amide bonds. The number of phenols is 1. The number of aliphatic imine (C=N–C) groups is 1. The number of hydrogen-bond acceptors (Lipinski definition) is 4. The summed E-state index contributed by atoms with van der Waals surface area (Å²) in [5, 5.41) is 16.3. The minimum Gasteiger partial charge on any atom is -0.508 e. The molecule has 0 aliphatic carbocycles. The molecular weight excluding hydrogens is 306 g/mol. The standard InChI is InChI=1S/C18H23N3O3/c1-19-18(20-11-13-6-4-5-7-17(13)24-3)21-12-14-10-15(23-2)8-9-16(14)22/h4-10,22H,11-12H2,1-3H3,(H2,19,20,21). The second-order valence-corrected chi connectivity index (χ2v) is 5.09. The lowest BCUT2D eigenvalue weighted by Crippen LogP contribution is -2.36. The number of guanidine groups is 1. The Labute approximate surface area is 142 Å². The predicted molar refractivity (Wildman–Crippen MR) is 94.7 cm³/mol. The highest BCUT2D eigenvalue weighted by molar-refractivity contribution is 5.79. The first-order valence-corrected chi connectivity index (χ1v) is 7.60. The molecule has 0 spiro atoms. The molecule has 0 atom stereocenters. The van der Waals surface area contributed by atoms with Gasteiger partial charge in [0.1, 0.15) is 17.2 Å². The van der Waals surface area contributed by atoms with Crippen LogP contribution in [-0.4, -0.2) is 32.3 Å². The second-order valence-electron chi connectivity index (χ2n) is 5.09. The van der Waals surface area contributed by atoms with Crippen LogP contribution in [0.4, 0.5) is 0 Å². The number of rotatable bonds is 6. The number of aromatic hydroxyl groups is 1. The maximum Gasteiger partial charge on any atom is 0.191 e. The van der Waals surface area contributed by atoms with Crippen LogP contribution >= 0.6 is 0 Å². The summed E-state index contributed by atoms with van der Waals surface area (Å²) < 4.78 is 10.5. The van der Waals surface area contributed by atoms with Crippen molar-refractivity contribution in [1.82, 2.24) is 10.6 Å². The third kappa shape index (κ3) is 4.55. The van der Waals surface area contributed by atoms with Gasteiger partial charge in [-0.05, 0) is 24.3 Å². The fraction of sp³-hybridized carbons (Fsp3) is 0.278. The van der Waals surface area contributed by atoms with Gasteiger partial charge in [0.25, 0.3) is 0 Å². The number of methoxy groups -OCH3 is 2. The van der Waals surface area contributed by atoms with Crippen molar-refractivity contribution in [3.8, 4) is 17.2 Å². The quantitative estimate of drug-likeness (QED) is 0.560. The Morgan fingerprint density at radius 1 is 1.00 bits per heavy atom. The van der Waals surface area contributed by atoms with Crippen LogP contribution < -0.4 is 20.1 Å². The highest BCUT2D eigenvalue weighted by Crippen LogP contribution is 2.22. The van der Waals surface area contributed by atoms with Crippen molar-refractivity contribution in [3.05, 3.63) is 53.6 Å². The smallest absolute Gasteiger partial charge is 0.191 e. The molecule has 0 bridgehead atoms. The summed E-state index contributed by atoms with van der Waals surface area (Å²) in [5.74, 6) is 2.36. The Kier molecular flexibility index (Phi) is 6.31. The molecule has 24 heavy (non-hydrogen) atoms. The summed E-state index contributed by atoms with van der Waals surface area (Å²) >= 11 is 0. The minimum atomic E-state index is 0.212. The molecule has 0 aliphatic heterocycles. The SMILES string of the molecule is CN=C(NCc1cc(OC)ccc1O)NCc1ccccc1OC. The zero-order valence-corrected chi connectivity index (χ0v) is 14.2. The number of para-hydroxylation sites is 1. The summed E-state index contributed by atoms with van der Waals surface area (Å²) in [6.07, 6.45) is 0. The third-order valence-electron chi connectivity index (χ3n) is 3.60. The zero-order valence-electron chi connectivity index (χ0n) is 14.2. The van der Waals surface area contributed by atoms with E-state index in [0.717, 1.165) is 16.9 Å². The maximum atomic E-state index is 9.92. The van der Waals surface area contributed by atoms with Crippen LogP contribution in [-0.2, 0) is 13.1 Å². The minimum absolute atomic E-state index is 0.212. The van der Waals surface area contributed by atoms with Gasteiger partial charge >= 0.3 is 0 Å². The molecule has 2 aromatic carbocycles. The lowest BCUT2D eigenvalue weighted by atomic mass is 10.2. The van der Waals surface area contributed by atoms with E-state index in [2.05, 4.69) is 15.6 Å². The molecule has 0 aromatic heterocycles. The van der Waals surface area contributed by atoms with Crippen molar-refractivity contribution < 1.29 is 14.6 Å². The summed E-state index contributed by atoms with van der Waals surface area (Å²) in [5.41, 5.74) is 1.77. The van der Waals surface area contributed by atoms with Gasteiger partial charge in [-0.25, -0.2) is 0 Å². The fourth-order valence-corrected chi connectivity index (χ4v) is 2.26. The van der Waals surface area contributed by atoms with Crippen LogP contribution in [0.2, 0.25) is 0 Å². The van der Waals surface area contributed by atoms with Gasteiger partial charge in [0.05, 0.1) is 14.2 Å². The van der Waals surface area contributed by atoms with E-state index in [1.807, 2.05) is 24.3 Å². The van der Waals surface area contributed by atoms with E-state index < -0.39 is 0 Å². The van der Waals surface area contributed by atoms with Gasteiger partial charge in [-0.2, -0.15) is 0 Å². The van der Waals surface area contributed by atoms with E-state index in [0.29, 0.717) is 24.8 Å². The average Bonchev–Trinajstić information content (AvgIpc) is 2.63. The second kappa shape index (κ2) is 8.67. The van der Waals surface area contributed by atoms with Crippen molar-refractivity contribution in [3.63, 3.8) is 0 Å². The van der Waals surface area contributed by atoms with Gasteiger partial charge < -0.3 is 25.2 Å². The Morgan fingerprint density at radius 2 is 1.71 bits per heavy atom. The molecule has 6 nitrogen and oxygen atoms in total. The molecule has 2 rings (SSSR count). The number of nitrogens with zero attached hydrogens (tertiary/aromatic N) is 1. The topological polar surface area (TPSA) is 75.1 Å². The third-order valence-corrected chi connectivity index (χ3v) is 3.60. The first-order valence-electron chi connectivity index (χ1n) is 7.60. The molecule has 0 radical (unpaired) electrons. The number of nitrogens with one attached hydrogen (secondary N) is 2. The average molecular weight is 329 g/mol. The summed E-state index contributed by atoms with van der Waals surface area (Å²) in [6, 6.07) is 12.9. The Balaban J connectivity index is 1.96. The largest absolute Gasteiger partial charge is 0.508 e. The highest BCUT2D eigenvalue weighted by Gasteiger charge is 2.06. The van der Waals surface area contributed by atoms with Crippen LogP contribution in [0.5, 0.6) is 17.2 Å². The number of hydrogen-bond donors (Lipinski definition) is 3. The molecule has 0 saturated carbocycles. The van der Waals surface area contributed by atoms with Gasteiger partial charge in [-0.3, -0.25) is 4.99 Å². The lowest BCUT2D eigenvalue weighted by Gasteiger charge is -2.14. The predicted octanol–water partition coefficient (Wildman–Crippen LogP) is 2.27. The molecule has 0 saturated heterocycles. The van der Waals surface area contributed by atoms with Crippen LogP contribution in [0.3, 0.4) is 0 Å². The Hall–Kier alpha value is -2.89. The summed E-state index contributed by atoms with van der Waals surface area (Å²) in [6.45, 7) is 1.00. The van der Waals surface area contributed by atoms with Gasteiger partial charge in [-0.15, -0.1) is 0 Å². The zero-order chi connectivity index (χ0) is 17.4. The van der Waals surface area contributed by atoms with Crippen LogP contribution in [0.1, 0.15) is 11.1 Å². The molecule has 0 heterocycles. The summed E-state index contributed by atoms with van der Waals surface area (Å²) in [7, 11) is 4.94. The first-order chi connectivity index (χ1) is 11.7. The molecule has 0 unspecified atom stereocenters. The molecule has 0 aliphatic rings. The van der Waals surface area contributed by atoms with Crippen LogP contribution in [0.25, 0.3) is 0 Å². The van der Waals surface area contributed by atoms with E-state index in [-0.39, 0.29) is 5.75 Å². The maximum absolute atomic E-state index is 9.92. The first kappa shape index (κ1) is 17.5. The van der Waals surface area contributed by atoms with Gasteiger partial charge in [0.15, 0.2) is 5.96 Å². The highest BCUT2D eigenvalue weighted by atomic mass is 16.5. The Bertz CT molecular complexity index is 702. The molecule has 128 valence electrons. The van der Waals surface area contributed by atoms with Crippen molar-refractivity contribution in [1.29, 1.82) is 0 Å². The van der Waals surface area contributed by atoms with Crippen LogP contribution in [0, 0.1) is 0 Å². The Morgan fingerprint density at radius 3 is 2.38 bits per heavy atom. The number of benzene rings is 2. The molecule has 6 heteroatoms. The van der Waals surface area contributed by atoms with Gasteiger partial charge in [0, 0.05) is 31.3 Å². The van der Waals surface area contributed by atoms with Crippen molar-refractivity contribution in [2.75, 3.05) is 21.3 Å². The monoisotopic (exact) mass is 329 g/mol. The number of phenolic OH excluding ortho intramolecular Hbond substituents is 1. The van der Waals surface area contributed by atoms with Crippen molar-refractivity contribution in [2.24, 2.45) is 4.99 Å². The van der Waals surface area contributed by atoms with Gasteiger partial charge in [0.2, 0.25) is 0 Å². The van der Waals surface area contributed by atoms with Crippen molar-refractivity contribution in [2.45, 2.75) is 13.1 Å². The van der Waals surface area contributed by atoms with E-state index in [1.165, 1.54) is 0 Å². The molecule has 3 N–H and O–H groups in total. The van der Waals surface area contributed by atoms with E-state index in [9.17, 15) is 5.11 Å². The van der Waals surface area contributed by atoms with Gasteiger partial charge in [-0.1, -0.05) is 18.2 Å².